The van der Waals surface area contributed by atoms with Crippen LogP contribution in [0.2, 0.25) is 0 Å². The molecule has 1 N–H and O–H groups in total. The fraction of sp³-hybridized carbons (Fsp3) is 0.636. The van der Waals surface area contributed by atoms with Crippen LogP contribution < -0.4 is 0 Å². The van der Waals surface area contributed by atoms with Crippen LogP contribution in [0.25, 0.3) is 0 Å². The van der Waals surface area contributed by atoms with Crippen LogP contribution in [0.4, 0.5) is 13.6 Å². The Kier molecular flexibility index (Phi) is 4.63. The highest BCUT2D eigenvalue weighted by molar-refractivity contribution is 5.78. The summed E-state index contributed by atoms with van der Waals surface area (Å²) in [6, 6.07) is -1.65. The number of carbonyl (C=O) groups is 2. The van der Waals surface area contributed by atoms with Gasteiger partial charge in [-0.3, -0.25) is 4.90 Å². The minimum atomic E-state index is -3.96. The van der Waals surface area contributed by atoms with Crippen LogP contribution in [0, 0.1) is 0 Å². The van der Waals surface area contributed by atoms with Gasteiger partial charge in [-0.2, -0.15) is 8.78 Å². The Morgan fingerprint density at radius 1 is 1.50 bits per heavy atom. The lowest BCUT2D eigenvalue weighted by Crippen LogP contribution is -2.56. The SMILES string of the molecule is C=CCOC(=O)N1CCCCC1C(F)(F)C(=O)O. The van der Waals surface area contributed by atoms with E-state index in [0.717, 1.165) is 4.90 Å². The van der Waals surface area contributed by atoms with Crippen LogP contribution in [0.15, 0.2) is 12.7 Å². The average molecular weight is 263 g/mol. The van der Waals surface area contributed by atoms with Crippen molar-refractivity contribution < 1.29 is 28.2 Å². The van der Waals surface area contributed by atoms with E-state index in [4.69, 9.17) is 5.11 Å². The standard InChI is InChI=1S/C11H15F2NO4/c1-2-7-18-10(17)14-6-4-3-5-8(14)11(12,13)9(15)16/h2,8H,1,3-7H2,(H,15,16). The van der Waals surface area contributed by atoms with E-state index >= 15 is 0 Å². The van der Waals surface area contributed by atoms with Gasteiger partial charge in [0, 0.05) is 6.54 Å². The first kappa shape index (κ1) is 14.4. The Labute approximate surface area is 103 Å². The Hall–Kier alpha value is -1.66. The van der Waals surface area contributed by atoms with Crippen molar-refractivity contribution in [2.75, 3.05) is 13.2 Å². The van der Waals surface area contributed by atoms with Crippen LogP contribution in [-0.4, -0.2) is 47.2 Å². The highest BCUT2D eigenvalue weighted by Crippen LogP contribution is 2.31. The highest BCUT2D eigenvalue weighted by Gasteiger charge is 2.52. The Balaban J connectivity index is 2.82. The molecule has 102 valence electrons. The van der Waals surface area contributed by atoms with Crippen LogP contribution in [0.3, 0.4) is 0 Å². The maximum atomic E-state index is 13.5. The minimum Gasteiger partial charge on any atom is -0.477 e. The molecule has 0 saturated carbocycles. The molecule has 1 aliphatic heterocycles. The summed E-state index contributed by atoms with van der Waals surface area (Å²) < 4.78 is 31.7. The number of nitrogens with zero attached hydrogens (tertiary/aromatic N) is 1. The number of hydrogen-bond acceptors (Lipinski definition) is 3. The van der Waals surface area contributed by atoms with E-state index in [9.17, 15) is 18.4 Å². The smallest absolute Gasteiger partial charge is 0.410 e. The quantitative estimate of drug-likeness (QED) is 0.786. The number of alkyl halides is 2. The zero-order valence-electron chi connectivity index (χ0n) is 9.77. The first-order valence-electron chi connectivity index (χ1n) is 5.56. The molecule has 0 aromatic carbocycles. The lowest BCUT2D eigenvalue weighted by Gasteiger charge is -2.37. The number of halogens is 2. The number of rotatable bonds is 4. The van der Waals surface area contributed by atoms with Crippen molar-refractivity contribution in [2.24, 2.45) is 0 Å². The third kappa shape index (κ3) is 2.96. The van der Waals surface area contributed by atoms with Gasteiger partial charge < -0.3 is 9.84 Å². The molecule has 1 saturated heterocycles. The first-order valence-corrected chi connectivity index (χ1v) is 5.56. The summed E-state index contributed by atoms with van der Waals surface area (Å²) in [7, 11) is 0. The summed E-state index contributed by atoms with van der Waals surface area (Å²) in [4.78, 5) is 22.9. The fourth-order valence-corrected chi connectivity index (χ4v) is 1.88. The molecule has 0 radical (unpaired) electrons. The van der Waals surface area contributed by atoms with Crippen LogP contribution in [-0.2, 0) is 9.53 Å². The van der Waals surface area contributed by atoms with Crippen LogP contribution in [0.5, 0.6) is 0 Å². The molecular formula is C11H15F2NO4. The summed E-state index contributed by atoms with van der Waals surface area (Å²) in [5.74, 6) is -6.19. The molecule has 0 aromatic heterocycles. The van der Waals surface area contributed by atoms with Crippen molar-refractivity contribution in [3.8, 4) is 0 Å². The molecule has 7 heteroatoms. The van der Waals surface area contributed by atoms with Gasteiger partial charge in [0.1, 0.15) is 12.6 Å². The van der Waals surface area contributed by atoms with Crippen molar-refractivity contribution >= 4 is 12.1 Å². The second kappa shape index (κ2) is 5.79. The zero-order chi connectivity index (χ0) is 13.8. The summed E-state index contributed by atoms with van der Waals surface area (Å²) in [5, 5.41) is 8.52. The van der Waals surface area contributed by atoms with Crippen molar-refractivity contribution in [1.29, 1.82) is 0 Å². The number of hydrogen-bond donors (Lipinski definition) is 1. The molecule has 0 spiro atoms. The van der Waals surface area contributed by atoms with Gasteiger partial charge >= 0.3 is 18.0 Å². The Morgan fingerprint density at radius 3 is 2.72 bits per heavy atom. The summed E-state index contributed by atoms with van der Waals surface area (Å²) in [6.45, 7) is 3.31. The van der Waals surface area contributed by atoms with Crippen LogP contribution >= 0.6 is 0 Å². The minimum absolute atomic E-state index is 0.0531. The number of likely N-dealkylation sites (tertiary alicyclic amines) is 1. The molecule has 0 bridgehead atoms. The molecule has 1 amide bonds. The number of aliphatic carboxylic acids is 1. The number of ether oxygens (including phenoxy) is 1. The van der Waals surface area contributed by atoms with E-state index in [0.29, 0.717) is 12.8 Å². The van der Waals surface area contributed by atoms with Crippen LogP contribution in [0.1, 0.15) is 19.3 Å². The zero-order valence-corrected chi connectivity index (χ0v) is 9.77. The third-order valence-corrected chi connectivity index (χ3v) is 2.77. The molecule has 1 atom stereocenters. The van der Waals surface area contributed by atoms with Gasteiger partial charge in [0.05, 0.1) is 0 Å². The molecule has 0 aliphatic carbocycles. The predicted octanol–water partition coefficient (Wildman–Crippen LogP) is 1.88. The van der Waals surface area contributed by atoms with Gasteiger partial charge in [-0.25, -0.2) is 9.59 Å². The van der Waals surface area contributed by atoms with Crippen molar-refractivity contribution in [3.63, 3.8) is 0 Å². The molecule has 1 rings (SSSR count). The molecule has 1 heterocycles. The van der Waals surface area contributed by atoms with Gasteiger partial charge in [-0.15, -0.1) is 0 Å². The second-order valence-corrected chi connectivity index (χ2v) is 4.00. The fourth-order valence-electron chi connectivity index (χ4n) is 1.88. The largest absolute Gasteiger partial charge is 0.477 e. The van der Waals surface area contributed by atoms with E-state index in [-0.39, 0.29) is 19.6 Å². The van der Waals surface area contributed by atoms with Crippen molar-refractivity contribution in [1.82, 2.24) is 4.90 Å². The summed E-state index contributed by atoms with van der Waals surface area (Å²) >= 11 is 0. The van der Waals surface area contributed by atoms with Gasteiger partial charge in [0.2, 0.25) is 0 Å². The predicted molar refractivity (Wildman–Crippen MR) is 58.5 cm³/mol. The highest BCUT2D eigenvalue weighted by atomic mass is 19.3. The maximum absolute atomic E-state index is 13.5. The lowest BCUT2D eigenvalue weighted by molar-refractivity contribution is -0.176. The van der Waals surface area contributed by atoms with E-state index in [1.165, 1.54) is 6.08 Å². The molecule has 0 aromatic rings. The van der Waals surface area contributed by atoms with Gasteiger partial charge in [-0.1, -0.05) is 12.7 Å². The Morgan fingerprint density at radius 2 is 2.17 bits per heavy atom. The molecule has 5 nitrogen and oxygen atoms in total. The van der Waals surface area contributed by atoms with E-state index in [2.05, 4.69) is 11.3 Å². The molecule has 1 aliphatic rings. The summed E-state index contributed by atoms with van der Waals surface area (Å²) in [5.41, 5.74) is 0. The topological polar surface area (TPSA) is 66.8 Å². The molecule has 1 fully saturated rings. The third-order valence-electron chi connectivity index (χ3n) is 2.77. The number of carbonyl (C=O) groups excluding carboxylic acids is 1. The molecule has 18 heavy (non-hydrogen) atoms. The molecule has 1 unspecified atom stereocenters. The van der Waals surface area contributed by atoms with Crippen molar-refractivity contribution in [3.05, 3.63) is 12.7 Å². The number of piperidine rings is 1. The number of carboxylic acid groups (broad SMARTS) is 1. The lowest BCUT2D eigenvalue weighted by atomic mass is 9.97. The number of amides is 1. The monoisotopic (exact) mass is 263 g/mol. The Bertz CT molecular complexity index is 346. The molecular weight excluding hydrogens is 248 g/mol. The average Bonchev–Trinajstić information content (AvgIpc) is 2.35. The van der Waals surface area contributed by atoms with E-state index in [1.54, 1.807) is 0 Å². The van der Waals surface area contributed by atoms with E-state index < -0.39 is 24.0 Å². The van der Waals surface area contributed by atoms with E-state index in [1.807, 2.05) is 0 Å². The van der Waals surface area contributed by atoms with Gasteiger partial charge in [0.15, 0.2) is 0 Å². The van der Waals surface area contributed by atoms with Gasteiger partial charge in [0.25, 0.3) is 0 Å². The normalized spacial score (nSPS) is 20.3. The first-order chi connectivity index (χ1) is 8.41. The van der Waals surface area contributed by atoms with Gasteiger partial charge in [-0.05, 0) is 19.3 Å². The maximum Gasteiger partial charge on any atom is 0.410 e. The number of carboxylic acids is 1. The van der Waals surface area contributed by atoms with Crippen molar-refractivity contribution in [2.45, 2.75) is 31.2 Å². The summed E-state index contributed by atoms with van der Waals surface area (Å²) in [6.07, 6.45) is 1.34. The second-order valence-electron chi connectivity index (χ2n) is 4.00.